The van der Waals surface area contributed by atoms with Crippen LogP contribution in [0.5, 0.6) is 0 Å². The molecule has 5 heteroatoms. The van der Waals surface area contributed by atoms with Gasteiger partial charge in [0.1, 0.15) is 12.2 Å². The molecule has 5 nitrogen and oxygen atoms in total. The molecule has 3 atom stereocenters. The highest BCUT2D eigenvalue weighted by atomic mass is 16.6. The quantitative estimate of drug-likeness (QED) is 0.433. The Morgan fingerprint density at radius 3 is 3.00 bits per heavy atom. The normalized spacial score (nSPS) is 32.4. The number of esters is 2. The molecular formula is C14H16O5. The van der Waals surface area contributed by atoms with Gasteiger partial charge in [-0.3, -0.25) is 4.79 Å². The van der Waals surface area contributed by atoms with Gasteiger partial charge in [0.15, 0.2) is 5.60 Å². The van der Waals surface area contributed by atoms with Gasteiger partial charge >= 0.3 is 11.9 Å². The van der Waals surface area contributed by atoms with Gasteiger partial charge in [0.2, 0.25) is 0 Å². The summed E-state index contributed by atoms with van der Waals surface area (Å²) in [6, 6.07) is 0. The van der Waals surface area contributed by atoms with Crippen molar-refractivity contribution < 1.29 is 23.9 Å². The maximum atomic E-state index is 12.0. The Labute approximate surface area is 111 Å². The van der Waals surface area contributed by atoms with E-state index in [0.717, 1.165) is 6.29 Å². The number of hydrogen-bond donors (Lipinski definition) is 0. The summed E-state index contributed by atoms with van der Waals surface area (Å²) in [6.45, 7) is 1.99. The summed E-state index contributed by atoms with van der Waals surface area (Å²) in [4.78, 5) is 34.2. The predicted octanol–water partition coefficient (Wildman–Crippen LogP) is 1.18. The molecule has 1 aliphatic carbocycles. The molecule has 0 radical (unpaired) electrons. The van der Waals surface area contributed by atoms with Crippen LogP contribution in [-0.2, 0) is 23.9 Å². The third kappa shape index (κ3) is 2.32. The van der Waals surface area contributed by atoms with E-state index in [4.69, 9.17) is 9.47 Å². The van der Waals surface area contributed by atoms with Crippen molar-refractivity contribution in [1.29, 1.82) is 0 Å². The number of allylic oxidation sites excluding steroid dienone is 1. The number of carbonyl (C=O) groups excluding carboxylic acids is 3. The Hall–Kier alpha value is -1.91. The van der Waals surface area contributed by atoms with Crippen LogP contribution in [0.4, 0.5) is 0 Å². The zero-order valence-corrected chi connectivity index (χ0v) is 10.7. The summed E-state index contributed by atoms with van der Waals surface area (Å²) >= 11 is 0. The van der Waals surface area contributed by atoms with Gasteiger partial charge in [0.25, 0.3) is 0 Å². The van der Waals surface area contributed by atoms with Gasteiger partial charge < -0.3 is 14.3 Å². The summed E-state index contributed by atoms with van der Waals surface area (Å²) in [5.41, 5.74) is -1.07. The highest BCUT2D eigenvalue weighted by molar-refractivity contribution is 5.87. The minimum Gasteiger partial charge on any atom is -0.466 e. The molecule has 1 heterocycles. The van der Waals surface area contributed by atoms with Crippen LogP contribution >= 0.6 is 0 Å². The largest absolute Gasteiger partial charge is 0.466 e. The van der Waals surface area contributed by atoms with E-state index in [1.165, 1.54) is 6.08 Å². The van der Waals surface area contributed by atoms with Gasteiger partial charge in [-0.15, -0.1) is 0 Å². The number of aldehydes is 1. The number of hydrogen-bond acceptors (Lipinski definition) is 5. The highest BCUT2D eigenvalue weighted by Crippen LogP contribution is 2.43. The zero-order valence-electron chi connectivity index (χ0n) is 10.7. The lowest BCUT2D eigenvalue weighted by atomic mass is 9.70. The van der Waals surface area contributed by atoms with Crippen LogP contribution in [0.25, 0.3) is 0 Å². The Kier molecular flexibility index (Phi) is 3.83. The Bertz CT molecular complexity index is 451. The molecule has 0 saturated carbocycles. The van der Waals surface area contributed by atoms with Crippen molar-refractivity contribution in [3.8, 4) is 0 Å². The molecule has 0 saturated heterocycles. The van der Waals surface area contributed by atoms with Crippen molar-refractivity contribution in [2.24, 2.45) is 11.8 Å². The standard InChI is InChI=1S/C14H16O5/c1-2-18-13(17)11-5-3-4-10(7-9-15)14(11)8-6-12(16)19-14/h3-4,6,8-11H,2,5,7H2,1H3/t10-,11+,14-/m0/s1. The molecule has 2 rings (SSSR count). The summed E-state index contributed by atoms with van der Waals surface area (Å²) in [6.07, 6.45) is 7.96. The van der Waals surface area contributed by atoms with E-state index in [-0.39, 0.29) is 18.9 Å². The van der Waals surface area contributed by atoms with Crippen molar-refractivity contribution in [2.75, 3.05) is 6.61 Å². The number of carbonyl (C=O) groups is 3. The molecule has 102 valence electrons. The van der Waals surface area contributed by atoms with Crippen LogP contribution in [-0.4, -0.2) is 30.4 Å². The van der Waals surface area contributed by atoms with Gasteiger partial charge in [-0.25, -0.2) is 4.79 Å². The van der Waals surface area contributed by atoms with Crippen molar-refractivity contribution in [2.45, 2.75) is 25.4 Å². The number of ether oxygens (including phenoxy) is 2. The first-order chi connectivity index (χ1) is 9.14. The maximum absolute atomic E-state index is 12.0. The Morgan fingerprint density at radius 1 is 1.63 bits per heavy atom. The van der Waals surface area contributed by atoms with Crippen molar-refractivity contribution in [3.63, 3.8) is 0 Å². The lowest BCUT2D eigenvalue weighted by Crippen LogP contribution is -2.49. The SMILES string of the molecule is CCOC(=O)[C@H]1CC=C[C@@H](CC=O)[C@@]12C=CC(=O)O2. The molecule has 0 bridgehead atoms. The lowest BCUT2D eigenvalue weighted by Gasteiger charge is -2.40. The van der Waals surface area contributed by atoms with Gasteiger partial charge in [-0.1, -0.05) is 12.2 Å². The average molecular weight is 264 g/mol. The lowest BCUT2D eigenvalue weighted by molar-refractivity contribution is -0.169. The zero-order chi connectivity index (χ0) is 13.9. The van der Waals surface area contributed by atoms with Crippen LogP contribution < -0.4 is 0 Å². The maximum Gasteiger partial charge on any atom is 0.331 e. The minimum absolute atomic E-state index is 0.198. The summed E-state index contributed by atoms with van der Waals surface area (Å²) in [7, 11) is 0. The second-order valence-corrected chi connectivity index (χ2v) is 4.59. The Balaban J connectivity index is 2.34. The first kappa shape index (κ1) is 13.5. The van der Waals surface area contributed by atoms with Gasteiger partial charge in [0.05, 0.1) is 6.61 Å². The average Bonchev–Trinajstić information content (AvgIpc) is 2.75. The third-order valence-corrected chi connectivity index (χ3v) is 3.54. The molecule has 0 fully saturated rings. The van der Waals surface area contributed by atoms with Gasteiger partial charge in [0, 0.05) is 18.4 Å². The summed E-state index contributed by atoms with van der Waals surface area (Å²) in [5, 5.41) is 0. The van der Waals surface area contributed by atoms with E-state index in [0.29, 0.717) is 6.42 Å². The first-order valence-corrected chi connectivity index (χ1v) is 6.33. The molecule has 0 N–H and O–H groups in total. The van der Waals surface area contributed by atoms with E-state index in [9.17, 15) is 14.4 Å². The molecule has 0 aromatic rings. The highest BCUT2D eigenvalue weighted by Gasteiger charge is 2.53. The second-order valence-electron chi connectivity index (χ2n) is 4.59. The fourth-order valence-corrected chi connectivity index (χ4v) is 2.69. The van der Waals surface area contributed by atoms with Crippen LogP contribution in [0.1, 0.15) is 19.8 Å². The molecule has 0 unspecified atom stereocenters. The van der Waals surface area contributed by atoms with E-state index in [2.05, 4.69) is 0 Å². The summed E-state index contributed by atoms with van der Waals surface area (Å²) < 4.78 is 10.4. The van der Waals surface area contributed by atoms with Crippen LogP contribution in [0.2, 0.25) is 0 Å². The van der Waals surface area contributed by atoms with Crippen molar-refractivity contribution in [3.05, 3.63) is 24.3 Å². The third-order valence-electron chi connectivity index (χ3n) is 3.54. The van der Waals surface area contributed by atoms with Gasteiger partial charge in [-0.2, -0.15) is 0 Å². The first-order valence-electron chi connectivity index (χ1n) is 6.33. The fraction of sp³-hybridized carbons (Fsp3) is 0.500. The van der Waals surface area contributed by atoms with Gasteiger partial charge in [-0.05, 0) is 19.4 Å². The molecular weight excluding hydrogens is 248 g/mol. The van der Waals surface area contributed by atoms with E-state index >= 15 is 0 Å². The smallest absolute Gasteiger partial charge is 0.331 e. The van der Waals surface area contributed by atoms with E-state index in [1.54, 1.807) is 13.0 Å². The fourth-order valence-electron chi connectivity index (χ4n) is 2.69. The van der Waals surface area contributed by atoms with Crippen LogP contribution in [0.15, 0.2) is 24.3 Å². The molecule has 19 heavy (non-hydrogen) atoms. The molecule has 0 amide bonds. The van der Waals surface area contributed by atoms with Crippen LogP contribution in [0, 0.1) is 11.8 Å². The molecule has 1 aliphatic heterocycles. The molecule has 0 aromatic carbocycles. The Morgan fingerprint density at radius 2 is 2.42 bits per heavy atom. The molecule has 0 aromatic heterocycles. The molecule has 2 aliphatic rings. The second kappa shape index (κ2) is 5.38. The predicted molar refractivity (Wildman–Crippen MR) is 66.0 cm³/mol. The summed E-state index contributed by atoms with van der Waals surface area (Å²) in [5.74, 6) is -1.80. The topological polar surface area (TPSA) is 69.7 Å². The van der Waals surface area contributed by atoms with Crippen molar-refractivity contribution in [1.82, 2.24) is 0 Å². The minimum atomic E-state index is -1.07. The monoisotopic (exact) mass is 264 g/mol. The van der Waals surface area contributed by atoms with Crippen LogP contribution in [0.3, 0.4) is 0 Å². The molecule has 1 spiro atoms. The van der Waals surface area contributed by atoms with E-state index < -0.39 is 23.5 Å². The van der Waals surface area contributed by atoms with Crippen molar-refractivity contribution >= 4 is 18.2 Å². The number of rotatable bonds is 4. The van der Waals surface area contributed by atoms with E-state index in [1.807, 2.05) is 12.2 Å².